The Kier molecular flexibility index (Phi) is 4.60. The first kappa shape index (κ1) is 13.1. The quantitative estimate of drug-likeness (QED) is 0.790. The van der Waals surface area contributed by atoms with E-state index in [1.807, 2.05) is 30.3 Å². The number of aryl methyl sites for hydroxylation is 2. The zero-order valence-corrected chi connectivity index (χ0v) is 10.2. The van der Waals surface area contributed by atoms with Gasteiger partial charge >= 0.3 is 0 Å². The fourth-order valence-corrected chi connectivity index (χ4v) is 1.43. The highest BCUT2D eigenvalue weighted by atomic mass is 16.3. The maximum Gasteiger partial charge on any atom is 0.159 e. The van der Waals surface area contributed by atoms with Gasteiger partial charge in [-0.05, 0) is 13.8 Å². The molecule has 0 aliphatic carbocycles. The van der Waals surface area contributed by atoms with Crippen LogP contribution < -0.4 is 0 Å². The van der Waals surface area contributed by atoms with Gasteiger partial charge < -0.3 is 10.2 Å². The second kappa shape index (κ2) is 5.96. The van der Waals surface area contributed by atoms with Gasteiger partial charge in [0.15, 0.2) is 11.6 Å². The summed E-state index contributed by atoms with van der Waals surface area (Å²) < 4.78 is 0. The SMILES string of the molecule is CO.Cc1nc(-c2ccccc2)nc(C)c1O. The van der Waals surface area contributed by atoms with Crippen LogP contribution >= 0.6 is 0 Å². The standard InChI is InChI=1S/C12H12N2O.CH4O/c1-8-11(15)9(2)14-12(13-8)10-6-4-3-5-7-10;1-2/h3-7,15H,1-2H3;2H,1H3. The van der Waals surface area contributed by atoms with Crippen LogP contribution in [0.1, 0.15) is 11.4 Å². The van der Waals surface area contributed by atoms with Crippen LogP contribution in [-0.4, -0.2) is 27.3 Å². The van der Waals surface area contributed by atoms with E-state index in [4.69, 9.17) is 5.11 Å². The van der Waals surface area contributed by atoms with Crippen molar-refractivity contribution in [2.75, 3.05) is 7.11 Å². The molecule has 0 saturated carbocycles. The molecule has 4 nitrogen and oxygen atoms in total. The Morgan fingerprint density at radius 2 is 1.35 bits per heavy atom. The van der Waals surface area contributed by atoms with Crippen molar-refractivity contribution in [2.45, 2.75) is 13.8 Å². The van der Waals surface area contributed by atoms with Gasteiger partial charge in [-0.25, -0.2) is 9.97 Å². The van der Waals surface area contributed by atoms with E-state index in [0.717, 1.165) is 12.7 Å². The Hall–Kier alpha value is -1.94. The Bertz CT molecular complexity index is 461. The highest BCUT2D eigenvalue weighted by Crippen LogP contribution is 2.22. The third-order valence-electron chi connectivity index (χ3n) is 2.26. The third kappa shape index (κ3) is 3.01. The molecule has 2 rings (SSSR count). The summed E-state index contributed by atoms with van der Waals surface area (Å²) in [5.41, 5.74) is 2.19. The van der Waals surface area contributed by atoms with E-state index in [9.17, 15) is 5.11 Å². The number of aliphatic hydroxyl groups is 1. The van der Waals surface area contributed by atoms with Gasteiger partial charge in [0.1, 0.15) is 0 Å². The molecule has 90 valence electrons. The molecule has 0 atom stereocenters. The molecule has 2 aromatic rings. The first-order valence-electron chi connectivity index (χ1n) is 5.23. The minimum atomic E-state index is 0.176. The summed E-state index contributed by atoms with van der Waals surface area (Å²) in [4.78, 5) is 8.49. The van der Waals surface area contributed by atoms with Crippen LogP contribution in [0.2, 0.25) is 0 Å². The molecule has 0 amide bonds. The molecule has 0 aliphatic rings. The van der Waals surface area contributed by atoms with E-state index in [1.165, 1.54) is 0 Å². The highest BCUT2D eigenvalue weighted by Gasteiger charge is 2.07. The normalized spacial score (nSPS) is 9.41. The zero-order chi connectivity index (χ0) is 12.8. The van der Waals surface area contributed by atoms with Crippen molar-refractivity contribution in [1.82, 2.24) is 9.97 Å². The molecule has 0 unspecified atom stereocenters. The van der Waals surface area contributed by atoms with Crippen molar-refractivity contribution < 1.29 is 10.2 Å². The van der Waals surface area contributed by atoms with Crippen molar-refractivity contribution in [3.63, 3.8) is 0 Å². The summed E-state index contributed by atoms with van der Waals surface area (Å²) in [5, 5.41) is 16.6. The second-order valence-electron chi connectivity index (χ2n) is 3.43. The summed E-state index contributed by atoms with van der Waals surface area (Å²) in [7, 11) is 1.00. The van der Waals surface area contributed by atoms with Gasteiger partial charge in [0.2, 0.25) is 0 Å². The number of aliphatic hydroxyl groups excluding tert-OH is 1. The maximum atomic E-state index is 9.55. The number of nitrogens with zero attached hydrogens (tertiary/aromatic N) is 2. The number of benzene rings is 1. The minimum absolute atomic E-state index is 0.176. The maximum absolute atomic E-state index is 9.55. The van der Waals surface area contributed by atoms with Crippen molar-refractivity contribution in [2.24, 2.45) is 0 Å². The van der Waals surface area contributed by atoms with Crippen LogP contribution in [0.3, 0.4) is 0 Å². The zero-order valence-electron chi connectivity index (χ0n) is 10.2. The summed E-state index contributed by atoms with van der Waals surface area (Å²) in [6.07, 6.45) is 0. The molecule has 0 fully saturated rings. The van der Waals surface area contributed by atoms with Gasteiger partial charge in [0.05, 0.1) is 11.4 Å². The Morgan fingerprint density at radius 1 is 0.882 bits per heavy atom. The van der Waals surface area contributed by atoms with Gasteiger partial charge in [-0.1, -0.05) is 30.3 Å². The van der Waals surface area contributed by atoms with Crippen LogP contribution in [0, 0.1) is 13.8 Å². The lowest BCUT2D eigenvalue weighted by Gasteiger charge is -2.05. The van der Waals surface area contributed by atoms with E-state index in [-0.39, 0.29) is 5.75 Å². The first-order valence-corrected chi connectivity index (χ1v) is 5.23. The minimum Gasteiger partial charge on any atom is -0.504 e. The van der Waals surface area contributed by atoms with Gasteiger partial charge in [-0.2, -0.15) is 0 Å². The van der Waals surface area contributed by atoms with E-state index in [2.05, 4.69) is 9.97 Å². The van der Waals surface area contributed by atoms with Crippen molar-refractivity contribution in [1.29, 1.82) is 0 Å². The molecule has 0 aliphatic heterocycles. The molecule has 0 radical (unpaired) electrons. The molecule has 4 heteroatoms. The average Bonchev–Trinajstić information content (AvgIpc) is 2.39. The van der Waals surface area contributed by atoms with Crippen molar-refractivity contribution in [3.8, 4) is 17.1 Å². The Morgan fingerprint density at radius 3 is 1.82 bits per heavy atom. The van der Waals surface area contributed by atoms with Gasteiger partial charge in [0.25, 0.3) is 0 Å². The van der Waals surface area contributed by atoms with Gasteiger partial charge in [0, 0.05) is 12.7 Å². The smallest absolute Gasteiger partial charge is 0.159 e. The fraction of sp³-hybridized carbons (Fsp3) is 0.231. The molecule has 1 heterocycles. The third-order valence-corrected chi connectivity index (χ3v) is 2.26. The molecular formula is C13H16N2O2. The molecule has 2 N–H and O–H groups in total. The molecule has 0 bridgehead atoms. The van der Waals surface area contributed by atoms with Crippen LogP contribution in [0.5, 0.6) is 5.75 Å². The topological polar surface area (TPSA) is 66.2 Å². The lowest BCUT2D eigenvalue weighted by Crippen LogP contribution is -1.95. The lowest BCUT2D eigenvalue weighted by molar-refractivity contribution is 0.399. The molecule has 0 saturated heterocycles. The summed E-state index contributed by atoms with van der Waals surface area (Å²) in [6.45, 7) is 3.55. The highest BCUT2D eigenvalue weighted by molar-refractivity contribution is 5.55. The molecule has 17 heavy (non-hydrogen) atoms. The number of rotatable bonds is 1. The molecule has 1 aromatic heterocycles. The summed E-state index contributed by atoms with van der Waals surface area (Å²) in [5.74, 6) is 0.832. The van der Waals surface area contributed by atoms with Crippen LogP contribution in [-0.2, 0) is 0 Å². The number of aromatic hydroxyl groups is 1. The lowest BCUT2D eigenvalue weighted by atomic mass is 10.2. The molecule has 0 spiro atoms. The average molecular weight is 232 g/mol. The number of hydrogen-bond donors (Lipinski definition) is 2. The number of hydrogen-bond acceptors (Lipinski definition) is 4. The monoisotopic (exact) mass is 232 g/mol. The van der Waals surface area contributed by atoms with E-state index in [1.54, 1.807) is 13.8 Å². The van der Waals surface area contributed by atoms with E-state index < -0.39 is 0 Å². The van der Waals surface area contributed by atoms with Gasteiger partial charge in [-0.15, -0.1) is 0 Å². The second-order valence-corrected chi connectivity index (χ2v) is 3.43. The van der Waals surface area contributed by atoms with E-state index >= 15 is 0 Å². The summed E-state index contributed by atoms with van der Waals surface area (Å²) >= 11 is 0. The fourth-order valence-electron chi connectivity index (χ4n) is 1.43. The van der Waals surface area contributed by atoms with Gasteiger partial charge in [-0.3, -0.25) is 0 Å². The van der Waals surface area contributed by atoms with Crippen molar-refractivity contribution >= 4 is 0 Å². The molecule has 1 aromatic carbocycles. The largest absolute Gasteiger partial charge is 0.504 e. The first-order chi connectivity index (χ1) is 8.18. The van der Waals surface area contributed by atoms with Crippen LogP contribution in [0.4, 0.5) is 0 Å². The molecular weight excluding hydrogens is 216 g/mol. The van der Waals surface area contributed by atoms with Crippen molar-refractivity contribution in [3.05, 3.63) is 41.7 Å². The van der Waals surface area contributed by atoms with Crippen LogP contribution in [0.25, 0.3) is 11.4 Å². The predicted octanol–water partition coefficient (Wildman–Crippen LogP) is 2.07. The Labute approximate surface area is 101 Å². The van der Waals surface area contributed by atoms with Crippen LogP contribution in [0.15, 0.2) is 30.3 Å². The Balaban J connectivity index is 0.000000686. The number of aromatic nitrogens is 2. The predicted molar refractivity (Wildman–Crippen MR) is 66.7 cm³/mol. The van der Waals surface area contributed by atoms with E-state index in [0.29, 0.717) is 17.2 Å². The summed E-state index contributed by atoms with van der Waals surface area (Å²) in [6, 6.07) is 9.73.